The van der Waals surface area contributed by atoms with Crippen molar-refractivity contribution < 1.29 is 9.53 Å². The summed E-state index contributed by atoms with van der Waals surface area (Å²) in [5.74, 6) is -0.0304. The molecule has 0 aliphatic carbocycles. The first kappa shape index (κ1) is 14.5. The molecule has 2 heterocycles. The molecule has 0 atom stereocenters. The first-order valence-corrected chi connectivity index (χ1v) is 7.37. The van der Waals surface area contributed by atoms with Gasteiger partial charge in [-0.05, 0) is 24.3 Å². The van der Waals surface area contributed by atoms with Gasteiger partial charge in [0.15, 0.2) is 0 Å². The van der Waals surface area contributed by atoms with Crippen LogP contribution in [0.4, 0.5) is 11.4 Å². The maximum atomic E-state index is 12.3. The van der Waals surface area contributed by atoms with Crippen LogP contribution in [-0.4, -0.2) is 49.1 Å². The molecule has 5 heteroatoms. The first-order valence-electron chi connectivity index (χ1n) is 7.37. The number of rotatable bonds is 3. The molecule has 1 aliphatic rings. The van der Waals surface area contributed by atoms with Gasteiger partial charge >= 0.3 is 0 Å². The number of carbonyl (C=O) groups is 1. The highest BCUT2D eigenvalue weighted by molar-refractivity contribution is 5.92. The number of morpholine rings is 1. The van der Waals surface area contributed by atoms with Crippen molar-refractivity contribution in [3.63, 3.8) is 0 Å². The van der Waals surface area contributed by atoms with Crippen molar-refractivity contribution in [2.24, 2.45) is 0 Å². The van der Waals surface area contributed by atoms with Gasteiger partial charge in [0.1, 0.15) is 5.69 Å². The molecule has 0 N–H and O–H groups in total. The molecule has 1 fully saturated rings. The maximum absolute atomic E-state index is 12.3. The number of aromatic nitrogens is 1. The van der Waals surface area contributed by atoms with E-state index in [-0.39, 0.29) is 5.91 Å². The smallest absolute Gasteiger partial charge is 0.272 e. The van der Waals surface area contributed by atoms with E-state index in [9.17, 15) is 4.79 Å². The van der Waals surface area contributed by atoms with Gasteiger partial charge in [-0.25, -0.2) is 4.98 Å². The van der Waals surface area contributed by atoms with E-state index in [0.29, 0.717) is 32.0 Å². The third-order valence-electron chi connectivity index (χ3n) is 3.80. The molecule has 0 saturated carbocycles. The molecule has 5 nitrogen and oxygen atoms in total. The maximum Gasteiger partial charge on any atom is 0.272 e. The molecular weight excluding hydrogens is 278 g/mol. The van der Waals surface area contributed by atoms with E-state index in [0.717, 1.165) is 11.4 Å². The van der Waals surface area contributed by atoms with Crippen molar-refractivity contribution in [3.8, 4) is 0 Å². The summed E-state index contributed by atoms with van der Waals surface area (Å²) in [5, 5.41) is 0. The van der Waals surface area contributed by atoms with Crippen molar-refractivity contribution in [1.29, 1.82) is 0 Å². The largest absolute Gasteiger partial charge is 0.378 e. The third-order valence-corrected chi connectivity index (χ3v) is 3.80. The number of hydrogen-bond acceptors (Lipinski definition) is 4. The predicted molar refractivity (Wildman–Crippen MR) is 85.5 cm³/mol. The lowest BCUT2D eigenvalue weighted by Gasteiger charge is -2.26. The van der Waals surface area contributed by atoms with Crippen molar-refractivity contribution in [2.75, 3.05) is 38.3 Å². The topological polar surface area (TPSA) is 45.7 Å². The SMILES string of the molecule is CN(c1ccccc1)c1ccc(C(=O)N2CCOCC2)nc1. The second kappa shape index (κ2) is 6.58. The van der Waals surface area contributed by atoms with Crippen molar-refractivity contribution in [3.05, 3.63) is 54.4 Å². The highest BCUT2D eigenvalue weighted by Gasteiger charge is 2.19. The van der Waals surface area contributed by atoms with E-state index < -0.39 is 0 Å². The average Bonchev–Trinajstić information content (AvgIpc) is 2.62. The van der Waals surface area contributed by atoms with E-state index in [2.05, 4.69) is 4.98 Å². The zero-order chi connectivity index (χ0) is 15.4. The molecule has 2 aromatic rings. The Balaban J connectivity index is 1.73. The van der Waals surface area contributed by atoms with E-state index >= 15 is 0 Å². The van der Waals surface area contributed by atoms with Crippen LogP contribution in [0.25, 0.3) is 0 Å². The van der Waals surface area contributed by atoms with Gasteiger partial charge in [0, 0.05) is 25.8 Å². The molecule has 0 spiro atoms. The second-order valence-electron chi connectivity index (χ2n) is 5.20. The molecule has 0 radical (unpaired) electrons. The van der Waals surface area contributed by atoms with E-state index in [1.807, 2.05) is 48.3 Å². The fraction of sp³-hybridized carbons (Fsp3) is 0.294. The zero-order valence-electron chi connectivity index (χ0n) is 12.6. The lowest BCUT2D eigenvalue weighted by Crippen LogP contribution is -2.41. The number of para-hydroxylation sites is 1. The molecule has 22 heavy (non-hydrogen) atoms. The lowest BCUT2D eigenvalue weighted by atomic mass is 10.2. The van der Waals surface area contributed by atoms with Crippen LogP contribution in [0.2, 0.25) is 0 Å². The molecule has 1 amide bonds. The van der Waals surface area contributed by atoms with Crippen LogP contribution < -0.4 is 4.90 Å². The highest BCUT2D eigenvalue weighted by Crippen LogP contribution is 2.22. The number of pyridine rings is 1. The molecule has 1 aromatic heterocycles. The molecule has 1 aliphatic heterocycles. The number of anilines is 2. The number of carbonyl (C=O) groups excluding carboxylic acids is 1. The molecular formula is C17H19N3O2. The molecule has 1 aromatic carbocycles. The van der Waals surface area contributed by atoms with Gasteiger partial charge in [-0.15, -0.1) is 0 Å². The molecule has 0 bridgehead atoms. The molecule has 1 saturated heterocycles. The predicted octanol–water partition coefficient (Wildman–Crippen LogP) is 2.32. The van der Waals surface area contributed by atoms with Crippen LogP contribution in [0, 0.1) is 0 Å². The normalized spacial score (nSPS) is 14.7. The second-order valence-corrected chi connectivity index (χ2v) is 5.20. The van der Waals surface area contributed by atoms with Crippen molar-refractivity contribution in [2.45, 2.75) is 0 Å². The minimum atomic E-state index is -0.0304. The molecule has 114 valence electrons. The summed E-state index contributed by atoms with van der Waals surface area (Å²) in [6.45, 7) is 2.46. The summed E-state index contributed by atoms with van der Waals surface area (Å²) < 4.78 is 5.26. The first-order chi connectivity index (χ1) is 10.8. The third kappa shape index (κ3) is 3.09. The van der Waals surface area contributed by atoms with Gasteiger partial charge in [0.25, 0.3) is 5.91 Å². The van der Waals surface area contributed by atoms with E-state index in [1.54, 1.807) is 17.2 Å². The Morgan fingerprint density at radius 2 is 1.82 bits per heavy atom. The minimum absolute atomic E-state index is 0.0304. The summed E-state index contributed by atoms with van der Waals surface area (Å²) in [6.07, 6.45) is 1.74. The van der Waals surface area contributed by atoms with Crippen molar-refractivity contribution >= 4 is 17.3 Å². The Hall–Kier alpha value is -2.40. The van der Waals surface area contributed by atoms with Crippen LogP contribution >= 0.6 is 0 Å². The van der Waals surface area contributed by atoms with Gasteiger partial charge in [0.2, 0.25) is 0 Å². The van der Waals surface area contributed by atoms with Crippen LogP contribution in [0.1, 0.15) is 10.5 Å². The Kier molecular flexibility index (Phi) is 4.34. The van der Waals surface area contributed by atoms with Crippen LogP contribution in [0.15, 0.2) is 48.7 Å². The van der Waals surface area contributed by atoms with Gasteiger partial charge < -0.3 is 14.5 Å². The van der Waals surface area contributed by atoms with E-state index in [1.165, 1.54) is 0 Å². The summed E-state index contributed by atoms with van der Waals surface area (Å²) >= 11 is 0. The highest BCUT2D eigenvalue weighted by atomic mass is 16.5. The van der Waals surface area contributed by atoms with Crippen LogP contribution in [0.3, 0.4) is 0 Å². The van der Waals surface area contributed by atoms with Crippen LogP contribution in [0.5, 0.6) is 0 Å². The number of hydrogen-bond donors (Lipinski definition) is 0. The van der Waals surface area contributed by atoms with Gasteiger partial charge in [-0.2, -0.15) is 0 Å². The minimum Gasteiger partial charge on any atom is -0.378 e. The molecule has 3 rings (SSSR count). The zero-order valence-corrected chi connectivity index (χ0v) is 12.6. The van der Waals surface area contributed by atoms with Crippen LogP contribution in [-0.2, 0) is 4.74 Å². The fourth-order valence-corrected chi connectivity index (χ4v) is 2.44. The van der Waals surface area contributed by atoms with Gasteiger partial charge in [-0.3, -0.25) is 4.79 Å². The summed E-state index contributed by atoms with van der Waals surface area (Å²) in [7, 11) is 1.98. The number of benzene rings is 1. The van der Waals surface area contributed by atoms with Gasteiger partial charge in [-0.1, -0.05) is 18.2 Å². The summed E-state index contributed by atoms with van der Waals surface area (Å²) in [5.41, 5.74) is 2.51. The monoisotopic (exact) mass is 297 g/mol. The quantitative estimate of drug-likeness (QED) is 0.872. The van der Waals surface area contributed by atoms with E-state index in [4.69, 9.17) is 4.74 Å². The Labute approximate surface area is 130 Å². The Bertz CT molecular complexity index is 622. The Morgan fingerprint density at radius 1 is 1.09 bits per heavy atom. The summed E-state index contributed by atoms with van der Waals surface area (Å²) in [6, 6.07) is 13.8. The average molecular weight is 297 g/mol. The number of nitrogens with zero attached hydrogens (tertiary/aromatic N) is 3. The lowest BCUT2D eigenvalue weighted by molar-refractivity contribution is 0.0299. The molecule has 0 unspecified atom stereocenters. The van der Waals surface area contributed by atoms with Gasteiger partial charge in [0.05, 0.1) is 25.1 Å². The van der Waals surface area contributed by atoms with Crippen molar-refractivity contribution in [1.82, 2.24) is 9.88 Å². The number of ether oxygens (including phenoxy) is 1. The Morgan fingerprint density at radius 3 is 2.45 bits per heavy atom. The summed E-state index contributed by atoms with van der Waals surface area (Å²) in [4.78, 5) is 20.5. The number of amides is 1. The standard InChI is InChI=1S/C17H19N3O2/c1-19(14-5-3-2-4-6-14)15-7-8-16(18-13-15)17(21)20-9-11-22-12-10-20/h2-8,13H,9-12H2,1H3. The fourth-order valence-electron chi connectivity index (χ4n) is 2.44.